The Morgan fingerprint density at radius 2 is 1.87 bits per heavy atom. The number of benzene rings is 1. The Hall–Kier alpha value is -1.12. The lowest BCUT2D eigenvalue weighted by Gasteiger charge is -2.50. The Bertz CT molecular complexity index is 795. The number of halogens is 2. The molecule has 1 aromatic rings. The normalized spacial score (nSPS) is 26.6. The first-order valence-corrected chi connectivity index (χ1v) is 11.5. The summed E-state index contributed by atoms with van der Waals surface area (Å²) in [5.74, 6) is -0.0448. The predicted molar refractivity (Wildman–Crippen MR) is 120 cm³/mol. The molecule has 2 saturated heterocycles. The molecule has 2 heterocycles. The molecular formula is C21H31BCl2N2O4. The second-order valence-electron chi connectivity index (χ2n) is 8.89. The maximum atomic E-state index is 12.9. The zero-order chi connectivity index (χ0) is 21.9. The number of rotatable bonds is 9. The number of amides is 1. The SMILES string of the molecule is CC[N+]12CCO[B-]1([C@@H](CC(=O)CNC(=O)c1cc(Cl)ccc1Cl)CC(C)C)OCC2. The molecule has 3 rings (SSSR count). The minimum absolute atomic E-state index is 0.00545. The largest absolute Gasteiger partial charge is 0.509 e. The molecule has 1 atom stereocenters. The molecule has 0 bridgehead atoms. The van der Waals surface area contributed by atoms with Gasteiger partial charge in [-0.05, 0) is 43.3 Å². The van der Waals surface area contributed by atoms with Gasteiger partial charge in [-0.1, -0.05) is 43.5 Å². The molecule has 0 spiro atoms. The number of ketones is 1. The van der Waals surface area contributed by atoms with Gasteiger partial charge >= 0.3 is 6.69 Å². The van der Waals surface area contributed by atoms with Gasteiger partial charge in [0.15, 0.2) is 0 Å². The minimum atomic E-state index is -1.57. The molecule has 166 valence electrons. The minimum Gasteiger partial charge on any atom is -0.509 e. The van der Waals surface area contributed by atoms with Gasteiger partial charge in [0.25, 0.3) is 5.91 Å². The summed E-state index contributed by atoms with van der Waals surface area (Å²) in [6.07, 6.45) is 1.17. The van der Waals surface area contributed by atoms with E-state index in [1.165, 1.54) is 6.07 Å². The van der Waals surface area contributed by atoms with E-state index < -0.39 is 12.6 Å². The zero-order valence-electron chi connectivity index (χ0n) is 18.0. The van der Waals surface area contributed by atoms with Crippen molar-refractivity contribution in [1.82, 2.24) is 5.32 Å². The van der Waals surface area contributed by atoms with Crippen LogP contribution in [-0.2, 0) is 14.1 Å². The van der Waals surface area contributed by atoms with E-state index in [1.54, 1.807) is 12.1 Å². The molecule has 0 radical (unpaired) electrons. The van der Waals surface area contributed by atoms with Gasteiger partial charge in [-0.25, -0.2) is 0 Å². The number of nitrogens with one attached hydrogen (secondary N) is 1. The molecule has 1 amide bonds. The Balaban J connectivity index is 1.69. The molecular weight excluding hydrogens is 426 g/mol. The number of hydrogen-bond acceptors (Lipinski definition) is 4. The first-order chi connectivity index (χ1) is 14.2. The monoisotopic (exact) mass is 456 g/mol. The van der Waals surface area contributed by atoms with Crippen LogP contribution in [-0.4, -0.2) is 62.2 Å². The Kier molecular flexibility index (Phi) is 7.51. The fourth-order valence-corrected chi connectivity index (χ4v) is 5.63. The molecule has 1 N–H and O–H groups in total. The molecule has 2 aliphatic heterocycles. The van der Waals surface area contributed by atoms with Gasteiger partial charge in [-0.15, -0.1) is 0 Å². The van der Waals surface area contributed by atoms with Crippen LogP contribution in [0.3, 0.4) is 0 Å². The van der Waals surface area contributed by atoms with Crippen LogP contribution in [0.2, 0.25) is 15.9 Å². The summed E-state index contributed by atoms with van der Waals surface area (Å²) in [7, 11) is 0. The molecule has 0 aliphatic carbocycles. The van der Waals surface area contributed by atoms with Crippen molar-refractivity contribution in [2.24, 2.45) is 5.92 Å². The van der Waals surface area contributed by atoms with Crippen molar-refractivity contribution in [3.05, 3.63) is 33.8 Å². The van der Waals surface area contributed by atoms with Crippen LogP contribution >= 0.6 is 23.2 Å². The van der Waals surface area contributed by atoms with Gasteiger partial charge in [0.2, 0.25) is 0 Å². The molecule has 2 aliphatic rings. The van der Waals surface area contributed by atoms with E-state index in [-0.39, 0.29) is 23.7 Å². The van der Waals surface area contributed by atoms with Gasteiger partial charge in [0.05, 0.1) is 43.4 Å². The molecule has 30 heavy (non-hydrogen) atoms. The number of Topliss-reactive ketones (excluding diaryl/α,β-unsaturated/α-hetero) is 1. The summed E-state index contributed by atoms with van der Waals surface area (Å²) in [6.45, 7) is 8.98. The Morgan fingerprint density at radius 3 is 2.47 bits per heavy atom. The van der Waals surface area contributed by atoms with Crippen LogP contribution in [0.5, 0.6) is 0 Å². The summed E-state index contributed by atoms with van der Waals surface area (Å²) in [6, 6.07) is 4.68. The van der Waals surface area contributed by atoms with Crippen molar-refractivity contribution in [1.29, 1.82) is 0 Å². The molecule has 0 aromatic heterocycles. The van der Waals surface area contributed by atoms with Crippen LogP contribution in [0.25, 0.3) is 0 Å². The van der Waals surface area contributed by atoms with Crippen LogP contribution in [0.15, 0.2) is 18.2 Å². The number of carbonyl (C=O) groups excluding carboxylic acids is 2. The topological polar surface area (TPSA) is 64.6 Å². The average molecular weight is 457 g/mol. The Morgan fingerprint density at radius 1 is 1.20 bits per heavy atom. The third-order valence-electron chi connectivity index (χ3n) is 6.66. The molecule has 6 nitrogen and oxygen atoms in total. The summed E-state index contributed by atoms with van der Waals surface area (Å²) < 4.78 is 13.4. The van der Waals surface area contributed by atoms with Crippen LogP contribution in [0.1, 0.15) is 44.0 Å². The highest BCUT2D eigenvalue weighted by molar-refractivity contribution is 6.62. The maximum Gasteiger partial charge on any atom is 0.476 e. The fraction of sp³-hybridized carbons (Fsp3) is 0.619. The summed E-state index contributed by atoms with van der Waals surface area (Å²) >= 11 is 12.0. The predicted octanol–water partition coefficient (Wildman–Crippen LogP) is 3.93. The summed E-state index contributed by atoms with van der Waals surface area (Å²) in [5.41, 5.74) is 0.262. The van der Waals surface area contributed by atoms with Crippen molar-refractivity contribution < 1.29 is 23.3 Å². The zero-order valence-corrected chi connectivity index (χ0v) is 19.5. The lowest BCUT2D eigenvalue weighted by atomic mass is 9.51. The van der Waals surface area contributed by atoms with E-state index in [4.69, 9.17) is 32.5 Å². The number of carbonyl (C=O) groups is 2. The van der Waals surface area contributed by atoms with E-state index in [1.807, 2.05) is 0 Å². The highest BCUT2D eigenvalue weighted by atomic mass is 35.5. The molecule has 0 unspecified atom stereocenters. The van der Waals surface area contributed by atoms with Crippen molar-refractivity contribution in [2.45, 2.75) is 39.4 Å². The Labute approximate surface area is 188 Å². The van der Waals surface area contributed by atoms with Gasteiger partial charge in [-0.2, -0.15) is 0 Å². The fourth-order valence-electron chi connectivity index (χ4n) is 5.25. The highest BCUT2D eigenvalue weighted by Gasteiger charge is 2.61. The summed E-state index contributed by atoms with van der Waals surface area (Å²) in [5, 5.41) is 3.40. The first-order valence-electron chi connectivity index (χ1n) is 10.8. The van der Waals surface area contributed by atoms with E-state index in [0.717, 1.165) is 30.4 Å². The van der Waals surface area contributed by atoms with Crippen LogP contribution in [0, 0.1) is 5.92 Å². The van der Waals surface area contributed by atoms with Crippen molar-refractivity contribution in [2.75, 3.05) is 39.4 Å². The van der Waals surface area contributed by atoms with E-state index in [0.29, 0.717) is 35.6 Å². The van der Waals surface area contributed by atoms with Gasteiger partial charge in [0.1, 0.15) is 5.78 Å². The number of fused-ring (bicyclic) bond motifs is 1. The standard InChI is InChI=1S/C21H31BCl2N2O4/c1-4-26-7-9-29-22(26,30-10-8-26)16(11-15(2)3)12-18(27)14-25-21(28)19-13-17(23)5-6-20(19)24/h5-6,13,15-16H,4,7-12,14H2,1-3H3,(H,25,28)/t16-,22?,26?/m1/s1. The van der Waals surface area contributed by atoms with E-state index in [9.17, 15) is 9.59 Å². The van der Waals surface area contributed by atoms with Gasteiger partial charge < -0.3 is 19.0 Å². The average Bonchev–Trinajstić information content (AvgIpc) is 3.23. The van der Waals surface area contributed by atoms with E-state index >= 15 is 0 Å². The molecule has 0 saturated carbocycles. The third-order valence-corrected chi connectivity index (χ3v) is 7.22. The van der Waals surface area contributed by atoms with Crippen molar-refractivity contribution in [3.8, 4) is 0 Å². The lowest BCUT2D eigenvalue weighted by Crippen LogP contribution is -2.65. The summed E-state index contributed by atoms with van der Waals surface area (Å²) in [4.78, 5) is 25.3. The molecule has 2 fully saturated rings. The third kappa shape index (κ3) is 4.56. The number of likely N-dealkylation sites (N-methyl/N-ethyl adjacent to an activating group) is 1. The number of hydrogen-bond donors (Lipinski definition) is 1. The van der Waals surface area contributed by atoms with Crippen molar-refractivity contribution >= 4 is 41.6 Å². The second-order valence-corrected chi connectivity index (χ2v) is 9.73. The molecule has 1 aromatic carbocycles. The second kappa shape index (κ2) is 9.57. The van der Waals surface area contributed by atoms with Gasteiger partial charge in [0, 0.05) is 11.6 Å². The maximum absolute atomic E-state index is 12.9. The molecule has 9 heteroatoms. The first kappa shape index (κ1) is 23.5. The lowest BCUT2D eigenvalue weighted by molar-refractivity contribution is -0.821. The number of quaternary nitrogens is 1. The highest BCUT2D eigenvalue weighted by Crippen LogP contribution is 2.46. The van der Waals surface area contributed by atoms with Crippen LogP contribution in [0.4, 0.5) is 0 Å². The number of nitrogens with zero attached hydrogens (tertiary/aromatic N) is 1. The van der Waals surface area contributed by atoms with Gasteiger partial charge in [-0.3, -0.25) is 9.59 Å². The van der Waals surface area contributed by atoms with E-state index in [2.05, 4.69) is 26.1 Å². The smallest absolute Gasteiger partial charge is 0.476 e. The quantitative estimate of drug-likeness (QED) is 0.571. The van der Waals surface area contributed by atoms with Crippen molar-refractivity contribution in [3.63, 3.8) is 0 Å². The van der Waals surface area contributed by atoms with Crippen LogP contribution < -0.4 is 5.32 Å².